The summed E-state index contributed by atoms with van der Waals surface area (Å²) in [4.78, 5) is 22.3. The Bertz CT molecular complexity index is 1640. The van der Waals surface area contributed by atoms with Crippen molar-refractivity contribution in [2.75, 3.05) is 5.32 Å². The van der Waals surface area contributed by atoms with Crippen molar-refractivity contribution in [1.82, 2.24) is 34.8 Å². The molecule has 2 aliphatic heterocycles. The van der Waals surface area contributed by atoms with E-state index in [2.05, 4.69) is 35.6 Å². The fraction of sp³-hybridized carbons (Fsp3) is 0.321. The Morgan fingerprint density at radius 2 is 1.84 bits per heavy atom. The molecule has 2 atom stereocenters. The number of ether oxygens (including phenoxy) is 2. The smallest absolute Gasteiger partial charge is 0.317 e. The second kappa shape index (κ2) is 9.21. The third-order valence-corrected chi connectivity index (χ3v) is 7.42. The number of hydrogen-bond acceptors (Lipinski definition) is 9. The largest absolute Gasteiger partial charge is 0.460 e. The molecule has 0 radical (unpaired) electrons. The SMILES string of the molecule is Cc1cc(Nc2ncnc3cnc(OC4CC5CCC(C4)N5)nc23)ccc1Oc1ccc2c(c1)ncn2C. The second-order valence-corrected chi connectivity index (χ2v) is 10.2. The predicted octanol–water partition coefficient (Wildman–Crippen LogP) is 4.81. The van der Waals surface area contributed by atoms with Crippen LogP contribution in [0.3, 0.4) is 0 Å². The van der Waals surface area contributed by atoms with E-state index in [1.54, 1.807) is 12.5 Å². The first-order valence-corrected chi connectivity index (χ1v) is 12.9. The van der Waals surface area contributed by atoms with Crippen LogP contribution in [-0.4, -0.2) is 47.7 Å². The molecule has 2 aromatic carbocycles. The summed E-state index contributed by atoms with van der Waals surface area (Å²) in [6.45, 7) is 2.01. The fourth-order valence-corrected chi connectivity index (χ4v) is 5.52. The van der Waals surface area contributed by atoms with Gasteiger partial charge in [-0.3, -0.25) is 0 Å². The van der Waals surface area contributed by atoms with E-state index >= 15 is 0 Å². The number of benzene rings is 2. The average molecular weight is 509 g/mol. The molecule has 7 rings (SSSR count). The zero-order valence-corrected chi connectivity index (χ0v) is 21.3. The van der Waals surface area contributed by atoms with Crippen molar-refractivity contribution in [3.8, 4) is 17.5 Å². The summed E-state index contributed by atoms with van der Waals surface area (Å²) in [7, 11) is 1.98. The number of piperidine rings is 1. The monoisotopic (exact) mass is 508 g/mol. The summed E-state index contributed by atoms with van der Waals surface area (Å²) in [6.07, 6.45) is 9.53. The van der Waals surface area contributed by atoms with Crippen LogP contribution in [0.5, 0.6) is 17.5 Å². The lowest BCUT2D eigenvalue weighted by atomic mass is 10.0. The van der Waals surface area contributed by atoms with Crippen LogP contribution < -0.4 is 20.1 Å². The molecule has 192 valence electrons. The standard InChI is InChI=1S/C28H28N8O2/c1-16-9-17(5-8-25(16)37-20-6-7-24-22(12-20)32-15-36(24)2)34-27-26-23(30-14-31-27)13-29-28(35-26)38-21-10-18-3-4-19(11-21)33-18/h5-9,12-15,18-19,21,33H,3-4,10-11H2,1-2H3,(H,30,31,34). The summed E-state index contributed by atoms with van der Waals surface area (Å²) in [5.74, 6) is 2.11. The lowest BCUT2D eigenvalue weighted by Gasteiger charge is -2.28. The Labute approximate surface area is 219 Å². The number of aromatic nitrogens is 6. The zero-order chi connectivity index (χ0) is 25.6. The second-order valence-electron chi connectivity index (χ2n) is 10.2. The maximum absolute atomic E-state index is 6.20. The van der Waals surface area contributed by atoms with Crippen LogP contribution in [-0.2, 0) is 7.05 Å². The maximum atomic E-state index is 6.20. The van der Waals surface area contributed by atoms with Gasteiger partial charge in [-0.1, -0.05) is 0 Å². The number of rotatable bonds is 6. The topological polar surface area (TPSA) is 112 Å². The molecule has 2 fully saturated rings. The summed E-state index contributed by atoms with van der Waals surface area (Å²) in [5.41, 5.74) is 5.08. The van der Waals surface area contributed by atoms with E-state index in [1.165, 1.54) is 19.2 Å². The lowest BCUT2D eigenvalue weighted by molar-refractivity contribution is 0.126. The third kappa shape index (κ3) is 4.37. The normalized spacial score (nSPS) is 20.6. The van der Waals surface area contributed by atoms with Gasteiger partial charge in [0.2, 0.25) is 0 Å². The Morgan fingerprint density at radius 1 is 0.974 bits per heavy atom. The first-order valence-electron chi connectivity index (χ1n) is 12.9. The third-order valence-electron chi connectivity index (χ3n) is 7.42. The van der Waals surface area contributed by atoms with Crippen LogP contribution in [0.25, 0.3) is 22.1 Å². The van der Waals surface area contributed by atoms with Gasteiger partial charge in [0.25, 0.3) is 0 Å². The first-order chi connectivity index (χ1) is 18.6. The van der Waals surface area contributed by atoms with Gasteiger partial charge >= 0.3 is 6.01 Å². The molecule has 0 saturated carbocycles. The van der Waals surface area contributed by atoms with Crippen LogP contribution in [0.4, 0.5) is 11.5 Å². The molecule has 0 aliphatic carbocycles. The average Bonchev–Trinajstić information content (AvgIpc) is 3.46. The van der Waals surface area contributed by atoms with E-state index in [-0.39, 0.29) is 6.10 Å². The van der Waals surface area contributed by atoms with Crippen molar-refractivity contribution in [2.24, 2.45) is 7.05 Å². The van der Waals surface area contributed by atoms with E-state index in [1.807, 2.05) is 54.9 Å². The quantitative estimate of drug-likeness (QED) is 0.334. The first kappa shape index (κ1) is 22.9. The molecule has 2 N–H and O–H groups in total. The Balaban J connectivity index is 1.10. The van der Waals surface area contributed by atoms with Gasteiger partial charge in [-0.15, -0.1) is 0 Å². The molecular weight excluding hydrogens is 480 g/mol. The summed E-state index contributed by atoms with van der Waals surface area (Å²) in [6, 6.07) is 13.3. The van der Waals surface area contributed by atoms with Gasteiger partial charge in [0.15, 0.2) is 5.82 Å². The zero-order valence-electron chi connectivity index (χ0n) is 21.3. The highest BCUT2D eigenvalue weighted by Crippen LogP contribution is 2.32. The van der Waals surface area contributed by atoms with Gasteiger partial charge in [-0.05, 0) is 68.5 Å². The molecular formula is C28H28N8O2. The highest BCUT2D eigenvalue weighted by Gasteiger charge is 2.34. The van der Waals surface area contributed by atoms with Gasteiger partial charge in [-0.25, -0.2) is 19.9 Å². The highest BCUT2D eigenvalue weighted by molar-refractivity contribution is 5.86. The minimum absolute atomic E-state index is 0.126. The number of hydrogen-bond donors (Lipinski definition) is 2. The minimum atomic E-state index is 0.126. The van der Waals surface area contributed by atoms with Gasteiger partial charge < -0.3 is 24.7 Å². The van der Waals surface area contributed by atoms with Crippen LogP contribution in [0, 0.1) is 6.92 Å². The Kier molecular flexibility index (Phi) is 5.54. The van der Waals surface area contributed by atoms with Crippen LogP contribution in [0.15, 0.2) is 55.2 Å². The highest BCUT2D eigenvalue weighted by atomic mass is 16.5. The van der Waals surface area contributed by atoms with E-state index < -0.39 is 0 Å². The van der Waals surface area contributed by atoms with Crippen LogP contribution in [0.2, 0.25) is 0 Å². The summed E-state index contributed by atoms with van der Waals surface area (Å²) >= 11 is 0. The van der Waals surface area contributed by atoms with Crippen molar-refractivity contribution >= 4 is 33.6 Å². The molecule has 2 aliphatic rings. The molecule has 38 heavy (non-hydrogen) atoms. The number of nitrogens with zero attached hydrogens (tertiary/aromatic N) is 6. The Morgan fingerprint density at radius 3 is 2.68 bits per heavy atom. The van der Waals surface area contributed by atoms with E-state index in [0.717, 1.165) is 46.6 Å². The van der Waals surface area contributed by atoms with E-state index in [9.17, 15) is 0 Å². The molecule has 5 heterocycles. The van der Waals surface area contributed by atoms with Crippen molar-refractivity contribution in [2.45, 2.75) is 50.8 Å². The Hall–Kier alpha value is -4.31. The van der Waals surface area contributed by atoms with Crippen molar-refractivity contribution in [3.05, 3.63) is 60.8 Å². The number of imidazole rings is 1. The van der Waals surface area contributed by atoms with Crippen molar-refractivity contribution in [1.29, 1.82) is 0 Å². The molecule has 3 aromatic heterocycles. The van der Waals surface area contributed by atoms with Gasteiger partial charge in [0, 0.05) is 30.9 Å². The van der Waals surface area contributed by atoms with Crippen molar-refractivity contribution in [3.63, 3.8) is 0 Å². The summed E-state index contributed by atoms with van der Waals surface area (Å²) < 4.78 is 14.4. The molecule has 0 amide bonds. The van der Waals surface area contributed by atoms with E-state index in [0.29, 0.717) is 34.9 Å². The number of fused-ring (bicyclic) bond motifs is 4. The minimum Gasteiger partial charge on any atom is -0.460 e. The maximum Gasteiger partial charge on any atom is 0.317 e. The molecule has 2 saturated heterocycles. The van der Waals surface area contributed by atoms with Crippen molar-refractivity contribution < 1.29 is 9.47 Å². The van der Waals surface area contributed by atoms with Crippen LogP contribution >= 0.6 is 0 Å². The molecule has 10 heteroatoms. The lowest BCUT2D eigenvalue weighted by Crippen LogP contribution is -2.42. The van der Waals surface area contributed by atoms with Gasteiger partial charge in [0.1, 0.15) is 35.0 Å². The van der Waals surface area contributed by atoms with Gasteiger partial charge in [0.05, 0.1) is 23.6 Å². The predicted molar refractivity (Wildman–Crippen MR) is 144 cm³/mol. The molecule has 5 aromatic rings. The van der Waals surface area contributed by atoms with E-state index in [4.69, 9.17) is 9.47 Å². The number of nitrogens with one attached hydrogen (secondary N) is 2. The molecule has 2 unspecified atom stereocenters. The number of aryl methyl sites for hydroxylation is 2. The number of anilines is 2. The fourth-order valence-electron chi connectivity index (χ4n) is 5.52. The molecule has 10 nitrogen and oxygen atoms in total. The molecule has 2 bridgehead atoms. The molecule has 0 spiro atoms. The summed E-state index contributed by atoms with van der Waals surface area (Å²) in [5, 5.41) is 7.02. The van der Waals surface area contributed by atoms with Gasteiger partial charge in [-0.2, -0.15) is 4.98 Å². The van der Waals surface area contributed by atoms with Crippen LogP contribution in [0.1, 0.15) is 31.2 Å².